The summed E-state index contributed by atoms with van der Waals surface area (Å²) in [5.74, 6) is 0. The van der Waals surface area contributed by atoms with Crippen LogP contribution in [0.3, 0.4) is 0 Å². The molecular weight excluding hydrogens is 285 g/mol. The van der Waals surface area contributed by atoms with E-state index in [4.69, 9.17) is 32.7 Å². The van der Waals surface area contributed by atoms with E-state index in [1.54, 1.807) is 13.2 Å². The lowest BCUT2D eigenvalue weighted by atomic mass is 10.2. The Bertz CT molecular complexity index is 539. The Hall–Kier alpha value is -0.740. The Morgan fingerprint density at radius 3 is 2.79 bits per heavy atom. The van der Waals surface area contributed by atoms with Crippen LogP contribution < -0.4 is 0 Å². The molecule has 0 aliphatic carbocycles. The lowest BCUT2D eigenvalue weighted by Crippen LogP contribution is -2.05. The molecule has 0 aliphatic rings. The standard InChI is InChI=1S/C14H17Cl2NO2/c1-18-7-8-19-6-2-4-17-5-3-12-13(16)9-11(15)10-14(12)17/h3,5,9-10H,2,4,6-8H2,1H3. The highest BCUT2D eigenvalue weighted by Crippen LogP contribution is 2.28. The summed E-state index contributed by atoms with van der Waals surface area (Å²) in [6, 6.07) is 5.72. The van der Waals surface area contributed by atoms with Gasteiger partial charge in [0.1, 0.15) is 0 Å². The van der Waals surface area contributed by atoms with Crippen LogP contribution in [0.4, 0.5) is 0 Å². The minimum atomic E-state index is 0.637. The van der Waals surface area contributed by atoms with E-state index in [-0.39, 0.29) is 0 Å². The van der Waals surface area contributed by atoms with Crippen molar-refractivity contribution in [2.24, 2.45) is 0 Å². The number of aromatic nitrogens is 1. The zero-order chi connectivity index (χ0) is 13.7. The lowest BCUT2D eigenvalue weighted by Gasteiger charge is -2.07. The number of hydrogen-bond donors (Lipinski definition) is 0. The van der Waals surface area contributed by atoms with Gasteiger partial charge in [0, 0.05) is 36.9 Å². The molecule has 1 aromatic carbocycles. The molecule has 0 spiro atoms. The van der Waals surface area contributed by atoms with Crippen molar-refractivity contribution in [3.8, 4) is 0 Å². The van der Waals surface area contributed by atoms with E-state index >= 15 is 0 Å². The molecule has 0 radical (unpaired) electrons. The minimum Gasteiger partial charge on any atom is -0.382 e. The normalized spacial score (nSPS) is 11.3. The number of rotatable bonds is 7. The minimum absolute atomic E-state index is 0.637. The highest BCUT2D eigenvalue weighted by Gasteiger charge is 2.06. The topological polar surface area (TPSA) is 23.4 Å². The van der Waals surface area contributed by atoms with E-state index in [2.05, 4.69) is 4.57 Å². The summed E-state index contributed by atoms with van der Waals surface area (Å²) in [6.07, 6.45) is 2.97. The van der Waals surface area contributed by atoms with Crippen LogP contribution >= 0.6 is 23.2 Å². The molecule has 2 rings (SSSR count). The van der Waals surface area contributed by atoms with Crippen LogP contribution in [0.1, 0.15) is 6.42 Å². The van der Waals surface area contributed by atoms with Crippen LogP contribution in [-0.4, -0.2) is 31.5 Å². The number of methoxy groups -OCH3 is 1. The molecule has 5 heteroatoms. The van der Waals surface area contributed by atoms with E-state index in [1.165, 1.54) is 0 Å². The van der Waals surface area contributed by atoms with Gasteiger partial charge in [0.05, 0.1) is 23.8 Å². The van der Waals surface area contributed by atoms with Gasteiger partial charge < -0.3 is 14.0 Å². The molecule has 1 aromatic heterocycles. The molecule has 0 saturated carbocycles. The third-order valence-electron chi connectivity index (χ3n) is 2.92. The summed E-state index contributed by atoms with van der Waals surface area (Å²) < 4.78 is 12.5. The van der Waals surface area contributed by atoms with Crippen LogP contribution in [0, 0.1) is 0 Å². The summed E-state index contributed by atoms with van der Waals surface area (Å²) >= 11 is 12.2. The Morgan fingerprint density at radius 1 is 1.16 bits per heavy atom. The maximum absolute atomic E-state index is 6.16. The van der Waals surface area contributed by atoms with E-state index in [0.29, 0.717) is 23.3 Å². The summed E-state index contributed by atoms with van der Waals surface area (Å²) in [4.78, 5) is 0. The Morgan fingerprint density at radius 2 is 2.00 bits per heavy atom. The highest BCUT2D eigenvalue weighted by atomic mass is 35.5. The molecule has 0 aliphatic heterocycles. The smallest absolute Gasteiger partial charge is 0.0700 e. The second-order valence-electron chi connectivity index (χ2n) is 4.29. The number of halogens is 2. The zero-order valence-corrected chi connectivity index (χ0v) is 12.4. The Labute approximate surface area is 123 Å². The van der Waals surface area contributed by atoms with Gasteiger partial charge in [-0.1, -0.05) is 23.2 Å². The van der Waals surface area contributed by atoms with Crippen molar-refractivity contribution >= 4 is 34.1 Å². The van der Waals surface area contributed by atoms with E-state index < -0.39 is 0 Å². The van der Waals surface area contributed by atoms with Crippen LogP contribution in [0.2, 0.25) is 10.0 Å². The molecule has 0 unspecified atom stereocenters. The molecule has 0 fully saturated rings. The zero-order valence-electron chi connectivity index (χ0n) is 10.9. The average molecular weight is 302 g/mol. The van der Waals surface area contributed by atoms with Crippen molar-refractivity contribution in [2.75, 3.05) is 26.9 Å². The van der Waals surface area contributed by atoms with Crippen molar-refractivity contribution in [1.29, 1.82) is 0 Å². The molecular formula is C14H17Cl2NO2. The highest BCUT2D eigenvalue weighted by molar-refractivity contribution is 6.38. The molecule has 19 heavy (non-hydrogen) atoms. The number of benzene rings is 1. The SMILES string of the molecule is COCCOCCCn1ccc2c(Cl)cc(Cl)cc21. The van der Waals surface area contributed by atoms with Gasteiger partial charge in [0.15, 0.2) is 0 Å². The summed E-state index contributed by atoms with van der Waals surface area (Å²) in [7, 11) is 1.67. The van der Waals surface area contributed by atoms with E-state index in [0.717, 1.165) is 30.5 Å². The first-order chi connectivity index (χ1) is 9.22. The quantitative estimate of drug-likeness (QED) is 0.722. The predicted molar refractivity (Wildman–Crippen MR) is 79.3 cm³/mol. The van der Waals surface area contributed by atoms with Gasteiger partial charge >= 0.3 is 0 Å². The lowest BCUT2D eigenvalue weighted by molar-refractivity contribution is 0.0681. The maximum atomic E-state index is 6.16. The number of ether oxygens (including phenoxy) is 2. The fourth-order valence-corrected chi connectivity index (χ4v) is 2.54. The van der Waals surface area contributed by atoms with Gasteiger partial charge in [-0.15, -0.1) is 0 Å². The van der Waals surface area contributed by atoms with Crippen molar-refractivity contribution in [3.05, 3.63) is 34.4 Å². The largest absolute Gasteiger partial charge is 0.382 e. The van der Waals surface area contributed by atoms with Crippen LogP contribution in [0.5, 0.6) is 0 Å². The van der Waals surface area contributed by atoms with Crippen LogP contribution in [0.25, 0.3) is 10.9 Å². The molecule has 2 aromatic rings. The van der Waals surface area contributed by atoms with Gasteiger partial charge in [0.25, 0.3) is 0 Å². The van der Waals surface area contributed by atoms with Crippen molar-refractivity contribution in [1.82, 2.24) is 4.57 Å². The Kier molecular flexibility index (Phi) is 5.52. The first-order valence-electron chi connectivity index (χ1n) is 6.23. The summed E-state index contributed by atoms with van der Waals surface area (Å²) in [6.45, 7) is 2.88. The fourth-order valence-electron chi connectivity index (χ4n) is 1.99. The maximum Gasteiger partial charge on any atom is 0.0700 e. The molecule has 0 atom stereocenters. The van der Waals surface area contributed by atoms with Gasteiger partial charge in [-0.3, -0.25) is 0 Å². The fraction of sp³-hybridized carbons (Fsp3) is 0.429. The third kappa shape index (κ3) is 3.86. The van der Waals surface area contributed by atoms with E-state index in [1.807, 2.05) is 18.3 Å². The van der Waals surface area contributed by atoms with Gasteiger partial charge in [0.2, 0.25) is 0 Å². The molecule has 1 heterocycles. The summed E-state index contributed by atoms with van der Waals surface area (Å²) in [5.41, 5.74) is 1.06. The number of hydrogen-bond acceptors (Lipinski definition) is 2. The van der Waals surface area contributed by atoms with Crippen LogP contribution in [0.15, 0.2) is 24.4 Å². The third-order valence-corrected chi connectivity index (χ3v) is 3.45. The number of aryl methyl sites for hydroxylation is 1. The summed E-state index contributed by atoms with van der Waals surface area (Å²) in [5, 5.41) is 2.39. The van der Waals surface area contributed by atoms with Crippen LogP contribution in [-0.2, 0) is 16.0 Å². The molecule has 104 valence electrons. The van der Waals surface area contributed by atoms with Gasteiger partial charge in [-0.2, -0.15) is 0 Å². The first-order valence-corrected chi connectivity index (χ1v) is 6.98. The van der Waals surface area contributed by atoms with E-state index in [9.17, 15) is 0 Å². The molecule has 3 nitrogen and oxygen atoms in total. The first kappa shape index (κ1) is 14.7. The molecule has 0 amide bonds. The van der Waals surface area contributed by atoms with Crippen molar-refractivity contribution in [3.63, 3.8) is 0 Å². The number of nitrogens with zero attached hydrogens (tertiary/aromatic N) is 1. The predicted octanol–water partition coefficient (Wildman–Crippen LogP) is 4.00. The Balaban J connectivity index is 1.94. The van der Waals surface area contributed by atoms with Crippen molar-refractivity contribution < 1.29 is 9.47 Å². The second kappa shape index (κ2) is 7.15. The molecule has 0 saturated heterocycles. The van der Waals surface area contributed by atoms with Gasteiger partial charge in [-0.25, -0.2) is 0 Å². The average Bonchev–Trinajstić information content (AvgIpc) is 2.77. The van der Waals surface area contributed by atoms with Crippen molar-refractivity contribution in [2.45, 2.75) is 13.0 Å². The van der Waals surface area contributed by atoms with Gasteiger partial charge in [-0.05, 0) is 24.6 Å². The molecule has 0 N–H and O–H groups in total. The second-order valence-corrected chi connectivity index (χ2v) is 5.13. The molecule has 0 bridgehead atoms. The monoisotopic (exact) mass is 301 g/mol. The number of fused-ring (bicyclic) bond motifs is 1.